The number of nitrogens with zero attached hydrogens (tertiary/aromatic N) is 4. The number of anilines is 3. The van der Waals surface area contributed by atoms with E-state index in [9.17, 15) is 22.0 Å². The SMILES string of the molecule is CNc1nc(Nc2cn([C@@H]3C[C@@H]4[C@H](C3)C4(F)F)nc2C)ncc1C(F)(F)F. The Morgan fingerprint density at radius 3 is 2.48 bits per heavy atom. The van der Waals surface area contributed by atoms with Gasteiger partial charge in [0.05, 0.1) is 17.4 Å². The zero-order valence-corrected chi connectivity index (χ0v) is 14.5. The van der Waals surface area contributed by atoms with Crippen molar-refractivity contribution < 1.29 is 22.0 Å². The third-order valence-corrected chi connectivity index (χ3v) is 5.29. The van der Waals surface area contributed by atoms with E-state index >= 15 is 0 Å². The number of aryl methyl sites for hydroxylation is 1. The second-order valence-electron chi connectivity index (χ2n) is 6.95. The quantitative estimate of drug-likeness (QED) is 0.775. The van der Waals surface area contributed by atoms with Crippen LogP contribution >= 0.6 is 0 Å². The van der Waals surface area contributed by atoms with Crippen molar-refractivity contribution in [3.63, 3.8) is 0 Å². The van der Waals surface area contributed by atoms with E-state index in [2.05, 4.69) is 25.7 Å². The standard InChI is InChI=1S/C16H17F5N6/c1-7-12(6-27(26-7)8-3-9-10(4-8)15(9,17)18)24-14-23-5-11(16(19,20)21)13(22-2)25-14/h5-6,8-10H,3-4H2,1-2H3,(H2,22,23,24,25)/t8-,9-,10+. The Balaban J connectivity index is 1.52. The molecule has 2 heterocycles. The first kappa shape index (κ1) is 17.9. The predicted octanol–water partition coefficient (Wildman–Crippen LogP) is 4.00. The van der Waals surface area contributed by atoms with Crippen LogP contribution in [0.25, 0.3) is 0 Å². The van der Waals surface area contributed by atoms with Crippen molar-refractivity contribution in [2.45, 2.75) is 37.9 Å². The molecule has 2 fully saturated rings. The van der Waals surface area contributed by atoms with Gasteiger partial charge in [-0.05, 0) is 19.8 Å². The monoisotopic (exact) mass is 388 g/mol. The number of alkyl halides is 5. The Kier molecular flexibility index (Phi) is 3.83. The third-order valence-electron chi connectivity index (χ3n) is 5.29. The molecule has 27 heavy (non-hydrogen) atoms. The average molecular weight is 388 g/mol. The van der Waals surface area contributed by atoms with Crippen molar-refractivity contribution in [2.75, 3.05) is 17.7 Å². The van der Waals surface area contributed by atoms with Gasteiger partial charge in [0.2, 0.25) is 5.95 Å². The summed E-state index contributed by atoms with van der Waals surface area (Å²) in [7, 11) is 1.34. The van der Waals surface area contributed by atoms with Gasteiger partial charge in [-0.2, -0.15) is 23.3 Å². The molecule has 2 N–H and O–H groups in total. The maximum atomic E-state index is 13.3. The minimum absolute atomic E-state index is 0.0178. The van der Waals surface area contributed by atoms with Crippen LogP contribution in [0.4, 0.5) is 39.4 Å². The number of halogens is 5. The second-order valence-corrected chi connectivity index (χ2v) is 6.95. The molecule has 0 aromatic carbocycles. The smallest absolute Gasteiger partial charge is 0.372 e. The molecule has 146 valence electrons. The van der Waals surface area contributed by atoms with Crippen LogP contribution in [0.5, 0.6) is 0 Å². The van der Waals surface area contributed by atoms with Crippen LogP contribution in [-0.4, -0.2) is 32.7 Å². The molecule has 2 saturated carbocycles. The Labute approximate surface area is 151 Å². The minimum atomic E-state index is -4.57. The number of aromatic nitrogens is 4. The van der Waals surface area contributed by atoms with Gasteiger partial charge in [0.25, 0.3) is 5.92 Å². The van der Waals surface area contributed by atoms with E-state index in [0.717, 1.165) is 0 Å². The van der Waals surface area contributed by atoms with Gasteiger partial charge in [0, 0.05) is 31.3 Å². The topological polar surface area (TPSA) is 67.7 Å². The van der Waals surface area contributed by atoms with Crippen LogP contribution in [-0.2, 0) is 6.18 Å². The summed E-state index contributed by atoms with van der Waals surface area (Å²) in [4.78, 5) is 7.57. The molecule has 2 aliphatic rings. The molecule has 2 aliphatic carbocycles. The Morgan fingerprint density at radius 2 is 1.89 bits per heavy atom. The molecule has 0 spiro atoms. The molecule has 0 radical (unpaired) electrons. The molecule has 0 bridgehead atoms. The summed E-state index contributed by atoms with van der Waals surface area (Å²) >= 11 is 0. The van der Waals surface area contributed by atoms with Crippen LogP contribution in [0.2, 0.25) is 0 Å². The highest BCUT2D eigenvalue weighted by Gasteiger charge is 2.71. The van der Waals surface area contributed by atoms with Crippen LogP contribution in [0.3, 0.4) is 0 Å². The van der Waals surface area contributed by atoms with Gasteiger partial charge in [-0.3, -0.25) is 4.68 Å². The van der Waals surface area contributed by atoms with Crippen LogP contribution < -0.4 is 10.6 Å². The van der Waals surface area contributed by atoms with Gasteiger partial charge in [-0.25, -0.2) is 13.8 Å². The zero-order chi connectivity index (χ0) is 19.6. The van der Waals surface area contributed by atoms with Crippen molar-refractivity contribution >= 4 is 17.5 Å². The number of rotatable bonds is 4. The molecule has 0 aliphatic heterocycles. The minimum Gasteiger partial charge on any atom is -0.372 e. The number of hydrogen-bond donors (Lipinski definition) is 2. The van der Waals surface area contributed by atoms with Gasteiger partial charge < -0.3 is 10.6 Å². The summed E-state index contributed by atoms with van der Waals surface area (Å²) in [6.07, 6.45) is -1.46. The molecule has 3 atom stereocenters. The van der Waals surface area contributed by atoms with Crippen molar-refractivity contribution in [3.05, 3.63) is 23.7 Å². The highest BCUT2D eigenvalue weighted by Crippen LogP contribution is 2.66. The molecule has 11 heteroatoms. The maximum Gasteiger partial charge on any atom is 0.421 e. The van der Waals surface area contributed by atoms with Gasteiger partial charge in [-0.15, -0.1) is 0 Å². The lowest BCUT2D eigenvalue weighted by molar-refractivity contribution is -0.137. The van der Waals surface area contributed by atoms with Gasteiger partial charge in [0.15, 0.2) is 0 Å². The predicted molar refractivity (Wildman–Crippen MR) is 87.0 cm³/mol. The molecule has 2 aromatic rings. The summed E-state index contributed by atoms with van der Waals surface area (Å²) in [5, 5.41) is 9.60. The largest absolute Gasteiger partial charge is 0.421 e. The molecule has 0 amide bonds. The van der Waals surface area contributed by atoms with Crippen molar-refractivity contribution in [1.29, 1.82) is 0 Å². The maximum absolute atomic E-state index is 13.3. The highest BCUT2D eigenvalue weighted by atomic mass is 19.4. The molecular formula is C16H17F5N6. The first-order valence-electron chi connectivity index (χ1n) is 8.43. The number of nitrogens with one attached hydrogen (secondary N) is 2. The highest BCUT2D eigenvalue weighted by molar-refractivity contribution is 5.57. The first-order chi connectivity index (χ1) is 12.6. The summed E-state index contributed by atoms with van der Waals surface area (Å²) in [5.74, 6) is -4.05. The van der Waals surface area contributed by atoms with E-state index in [1.807, 2.05) is 0 Å². The van der Waals surface area contributed by atoms with Crippen molar-refractivity contribution in [3.8, 4) is 0 Å². The second kappa shape index (κ2) is 5.77. The summed E-state index contributed by atoms with van der Waals surface area (Å²) in [5.41, 5.74) is 0.134. The summed E-state index contributed by atoms with van der Waals surface area (Å²) < 4.78 is 67.1. The molecule has 4 rings (SSSR count). The Hall–Kier alpha value is -2.46. The lowest BCUT2D eigenvalue weighted by Crippen LogP contribution is -2.13. The third kappa shape index (κ3) is 2.98. The lowest BCUT2D eigenvalue weighted by Gasteiger charge is -2.14. The van der Waals surface area contributed by atoms with Gasteiger partial charge in [0.1, 0.15) is 11.4 Å². The fourth-order valence-electron chi connectivity index (χ4n) is 3.75. The van der Waals surface area contributed by atoms with Gasteiger partial charge in [-0.1, -0.05) is 0 Å². The van der Waals surface area contributed by atoms with Gasteiger partial charge >= 0.3 is 6.18 Å². The molecular weight excluding hydrogens is 371 g/mol. The van der Waals surface area contributed by atoms with Crippen molar-refractivity contribution in [2.24, 2.45) is 11.8 Å². The number of hydrogen-bond acceptors (Lipinski definition) is 5. The molecule has 6 nitrogen and oxygen atoms in total. The van der Waals surface area contributed by atoms with Crippen molar-refractivity contribution in [1.82, 2.24) is 19.7 Å². The fourth-order valence-corrected chi connectivity index (χ4v) is 3.75. The Morgan fingerprint density at radius 1 is 1.22 bits per heavy atom. The lowest BCUT2D eigenvalue weighted by atomic mass is 10.1. The van der Waals surface area contributed by atoms with Crippen LogP contribution in [0.1, 0.15) is 30.1 Å². The number of fused-ring (bicyclic) bond motifs is 1. The van der Waals surface area contributed by atoms with E-state index in [1.54, 1.807) is 17.8 Å². The summed E-state index contributed by atoms with van der Waals surface area (Å²) in [6, 6.07) is -0.102. The molecule has 0 unspecified atom stereocenters. The normalized spacial score (nSPS) is 26.0. The first-order valence-corrected chi connectivity index (χ1v) is 8.43. The van der Waals surface area contributed by atoms with E-state index < -0.39 is 29.5 Å². The van der Waals surface area contributed by atoms with E-state index in [1.165, 1.54) is 7.05 Å². The van der Waals surface area contributed by atoms with E-state index in [0.29, 0.717) is 30.4 Å². The Bertz CT molecular complexity index is 863. The van der Waals surface area contributed by atoms with Crippen LogP contribution in [0.15, 0.2) is 12.4 Å². The summed E-state index contributed by atoms with van der Waals surface area (Å²) in [6.45, 7) is 1.71. The average Bonchev–Trinajstić information content (AvgIpc) is 2.99. The fraction of sp³-hybridized carbons (Fsp3) is 0.562. The van der Waals surface area contributed by atoms with E-state index in [-0.39, 0.29) is 17.8 Å². The zero-order valence-electron chi connectivity index (χ0n) is 14.5. The molecule has 0 saturated heterocycles. The molecule has 2 aromatic heterocycles. The van der Waals surface area contributed by atoms with Crippen LogP contribution in [0, 0.1) is 18.8 Å². The van der Waals surface area contributed by atoms with E-state index in [4.69, 9.17) is 0 Å².